The maximum Gasteiger partial charge on any atom is 0.240 e. The minimum atomic E-state index is -0.509. The number of thiophene rings is 2. The Kier molecular flexibility index (Phi) is 6.38. The second-order valence-electron chi connectivity index (χ2n) is 4.74. The molecule has 0 aromatic carbocycles. The van der Waals surface area contributed by atoms with Gasteiger partial charge in [0.2, 0.25) is 5.91 Å². The third-order valence-electron chi connectivity index (χ3n) is 3.12. The van der Waals surface area contributed by atoms with Crippen molar-refractivity contribution in [2.24, 2.45) is 5.73 Å². The number of nitrogens with two attached hydrogens (primary N) is 1. The molecule has 1 atom stereocenters. The molecule has 2 heterocycles. The van der Waals surface area contributed by atoms with Crippen LogP contribution in [0.2, 0.25) is 0 Å². The van der Waals surface area contributed by atoms with Gasteiger partial charge in [0.1, 0.15) is 0 Å². The quantitative estimate of drug-likeness (QED) is 0.812. The highest BCUT2D eigenvalue weighted by Gasteiger charge is 2.21. The van der Waals surface area contributed by atoms with Crippen LogP contribution in [0.3, 0.4) is 0 Å². The van der Waals surface area contributed by atoms with E-state index < -0.39 is 6.04 Å². The summed E-state index contributed by atoms with van der Waals surface area (Å²) < 4.78 is 5.01. The first-order chi connectivity index (χ1) is 10.2. The molecule has 0 bridgehead atoms. The SMILES string of the molecule is COCCC(N)C(=O)N(Cc1cccs1)Cc1cccs1. The largest absolute Gasteiger partial charge is 0.385 e. The Bertz CT molecular complexity index is 490. The van der Waals surface area contributed by atoms with Crippen LogP contribution in [0.5, 0.6) is 0 Å². The number of carbonyl (C=O) groups is 1. The molecular formula is C15H20N2O2S2. The van der Waals surface area contributed by atoms with E-state index in [4.69, 9.17) is 10.5 Å². The van der Waals surface area contributed by atoms with Gasteiger partial charge in [-0.25, -0.2) is 0 Å². The molecular weight excluding hydrogens is 304 g/mol. The Morgan fingerprint density at radius 2 is 1.81 bits per heavy atom. The molecule has 0 aliphatic heterocycles. The third kappa shape index (κ3) is 4.93. The summed E-state index contributed by atoms with van der Waals surface area (Å²) in [7, 11) is 1.62. The monoisotopic (exact) mass is 324 g/mol. The van der Waals surface area contributed by atoms with Crippen molar-refractivity contribution in [3.05, 3.63) is 44.8 Å². The molecule has 4 nitrogen and oxygen atoms in total. The van der Waals surface area contributed by atoms with Gasteiger partial charge in [-0.05, 0) is 29.3 Å². The van der Waals surface area contributed by atoms with E-state index in [1.807, 2.05) is 39.9 Å². The number of carbonyl (C=O) groups excluding carboxylic acids is 1. The van der Waals surface area contributed by atoms with E-state index in [0.29, 0.717) is 26.1 Å². The van der Waals surface area contributed by atoms with E-state index in [-0.39, 0.29) is 5.91 Å². The molecule has 0 fully saturated rings. The number of methoxy groups -OCH3 is 1. The van der Waals surface area contributed by atoms with Gasteiger partial charge >= 0.3 is 0 Å². The highest BCUT2D eigenvalue weighted by atomic mass is 32.1. The normalized spacial score (nSPS) is 12.3. The van der Waals surface area contributed by atoms with E-state index in [1.165, 1.54) is 9.75 Å². The first-order valence-corrected chi connectivity index (χ1v) is 8.54. The molecule has 114 valence electrons. The van der Waals surface area contributed by atoms with Gasteiger partial charge in [-0.1, -0.05) is 12.1 Å². The number of hydrogen-bond donors (Lipinski definition) is 1. The molecule has 0 aliphatic carbocycles. The number of rotatable bonds is 8. The van der Waals surface area contributed by atoms with Crippen LogP contribution in [-0.4, -0.2) is 30.6 Å². The number of hydrogen-bond acceptors (Lipinski definition) is 5. The molecule has 0 spiro atoms. The molecule has 2 N–H and O–H groups in total. The molecule has 0 saturated heterocycles. The minimum absolute atomic E-state index is 0.0196. The second kappa shape index (κ2) is 8.29. The van der Waals surface area contributed by atoms with Crippen molar-refractivity contribution < 1.29 is 9.53 Å². The van der Waals surface area contributed by atoms with Gasteiger partial charge in [0.25, 0.3) is 0 Å². The lowest BCUT2D eigenvalue weighted by Gasteiger charge is -2.25. The average Bonchev–Trinajstić information content (AvgIpc) is 3.16. The minimum Gasteiger partial charge on any atom is -0.385 e. The van der Waals surface area contributed by atoms with Crippen molar-refractivity contribution in [3.63, 3.8) is 0 Å². The molecule has 1 unspecified atom stereocenters. The second-order valence-corrected chi connectivity index (χ2v) is 6.81. The summed E-state index contributed by atoms with van der Waals surface area (Å²) in [5.74, 6) is -0.0196. The van der Waals surface area contributed by atoms with Crippen LogP contribution in [0.1, 0.15) is 16.2 Å². The zero-order chi connectivity index (χ0) is 15.1. The Hall–Kier alpha value is -1.21. The lowest BCUT2D eigenvalue weighted by Crippen LogP contribution is -2.43. The van der Waals surface area contributed by atoms with Crippen LogP contribution in [0.4, 0.5) is 0 Å². The highest BCUT2D eigenvalue weighted by molar-refractivity contribution is 7.10. The van der Waals surface area contributed by atoms with Crippen molar-refractivity contribution in [1.29, 1.82) is 0 Å². The highest BCUT2D eigenvalue weighted by Crippen LogP contribution is 2.18. The van der Waals surface area contributed by atoms with E-state index in [9.17, 15) is 4.79 Å². The van der Waals surface area contributed by atoms with E-state index in [0.717, 1.165) is 0 Å². The molecule has 2 aromatic heterocycles. The Labute approximate surface area is 133 Å². The van der Waals surface area contributed by atoms with Gasteiger partial charge in [-0.2, -0.15) is 0 Å². The lowest BCUT2D eigenvalue weighted by atomic mass is 10.2. The van der Waals surface area contributed by atoms with Crippen LogP contribution in [0.15, 0.2) is 35.0 Å². The van der Waals surface area contributed by atoms with Crippen molar-refractivity contribution in [3.8, 4) is 0 Å². The zero-order valence-electron chi connectivity index (χ0n) is 12.0. The number of nitrogens with zero attached hydrogens (tertiary/aromatic N) is 1. The summed E-state index contributed by atoms with van der Waals surface area (Å²) in [5.41, 5.74) is 6.00. The molecule has 2 rings (SSSR count). The number of ether oxygens (including phenoxy) is 1. The molecule has 0 aliphatic rings. The van der Waals surface area contributed by atoms with Gasteiger partial charge in [0.05, 0.1) is 19.1 Å². The van der Waals surface area contributed by atoms with Crippen molar-refractivity contribution in [2.45, 2.75) is 25.6 Å². The fourth-order valence-corrected chi connectivity index (χ4v) is 3.43. The maximum absolute atomic E-state index is 12.6. The fraction of sp³-hybridized carbons (Fsp3) is 0.400. The standard InChI is InChI=1S/C15H20N2O2S2/c1-19-7-6-14(16)15(18)17(10-12-4-2-8-20-12)11-13-5-3-9-21-13/h2-5,8-9,14H,6-7,10-11,16H2,1H3. The average molecular weight is 324 g/mol. The summed E-state index contributed by atoms with van der Waals surface area (Å²) in [6, 6.07) is 7.57. The lowest BCUT2D eigenvalue weighted by molar-refractivity contribution is -0.134. The molecule has 6 heteroatoms. The van der Waals surface area contributed by atoms with E-state index in [1.54, 1.807) is 29.8 Å². The molecule has 21 heavy (non-hydrogen) atoms. The van der Waals surface area contributed by atoms with Gasteiger partial charge in [-0.3, -0.25) is 4.79 Å². The summed E-state index contributed by atoms with van der Waals surface area (Å²) in [4.78, 5) is 16.7. The molecule has 0 radical (unpaired) electrons. The van der Waals surface area contributed by atoms with Gasteiger partial charge in [0.15, 0.2) is 0 Å². The van der Waals surface area contributed by atoms with Crippen molar-refractivity contribution in [2.75, 3.05) is 13.7 Å². The zero-order valence-corrected chi connectivity index (χ0v) is 13.7. The van der Waals surface area contributed by atoms with Crippen LogP contribution in [0.25, 0.3) is 0 Å². The Morgan fingerprint density at radius 1 is 1.24 bits per heavy atom. The van der Waals surface area contributed by atoms with Gasteiger partial charge in [0, 0.05) is 23.5 Å². The van der Waals surface area contributed by atoms with Crippen molar-refractivity contribution in [1.82, 2.24) is 4.90 Å². The predicted molar refractivity (Wildman–Crippen MR) is 87.4 cm³/mol. The smallest absolute Gasteiger partial charge is 0.240 e. The first kappa shape index (κ1) is 16.2. The summed E-state index contributed by atoms with van der Waals surface area (Å²) in [5, 5.41) is 4.04. The van der Waals surface area contributed by atoms with Gasteiger partial charge < -0.3 is 15.4 Å². The summed E-state index contributed by atoms with van der Waals surface area (Å²) in [6.45, 7) is 1.71. The van der Waals surface area contributed by atoms with E-state index in [2.05, 4.69) is 0 Å². The summed E-state index contributed by atoms with van der Waals surface area (Å²) >= 11 is 3.31. The van der Waals surface area contributed by atoms with Crippen LogP contribution in [-0.2, 0) is 22.6 Å². The molecule has 0 saturated carbocycles. The van der Waals surface area contributed by atoms with Crippen molar-refractivity contribution >= 4 is 28.6 Å². The number of amides is 1. The van der Waals surface area contributed by atoms with E-state index >= 15 is 0 Å². The Balaban J connectivity index is 2.04. The third-order valence-corrected chi connectivity index (χ3v) is 4.84. The topological polar surface area (TPSA) is 55.6 Å². The predicted octanol–water partition coefficient (Wildman–Crippen LogP) is 2.70. The van der Waals surface area contributed by atoms with Crippen LogP contribution >= 0.6 is 22.7 Å². The maximum atomic E-state index is 12.6. The molecule has 2 aromatic rings. The van der Waals surface area contributed by atoms with Gasteiger partial charge in [-0.15, -0.1) is 22.7 Å². The van der Waals surface area contributed by atoms with Crippen LogP contribution in [0, 0.1) is 0 Å². The molecule has 1 amide bonds. The summed E-state index contributed by atoms with van der Waals surface area (Å²) in [6.07, 6.45) is 0.542. The fourth-order valence-electron chi connectivity index (χ4n) is 2.00. The van der Waals surface area contributed by atoms with Crippen LogP contribution < -0.4 is 5.73 Å². The Morgan fingerprint density at radius 3 is 2.24 bits per heavy atom. The first-order valence-electron chi connectivity index (χ1n) is 6.78.